The minimum absolute atomic E-state index is 0.0739. The number of rotatable bonds is 7. The van der Waals surface area contributed by atoms with Gasteiger partial charge in [0.15, 0.2) is 5.96 Å². The third-order valence-corrected chi connectivity index (χ3v) is 5.03. The number of ether oxygens (including phenoxy) is 1. The van der Waals surface area contributed by atoms with Crippen LogP contribution >= 0.6 is 0 Å². The third-order valence-electron chi connectivity index (χ3n) is 5.03. The molecule has 0 spiro atoms. The first kappa shape index (κ1) is 18.5. The summed E-state index contributed by atoms with van der Waals surface area (Å²) >= 11 is 0. The van der Waals surface area contributed by atoms with Crippen LogP contribution in [0.15, 0.2) is 23.2 Å². The number of aryl methyl sites for hydroxylation is 1. The number of nitrogens with one attached hydrogen (secondary N) is 2. The van der Waals surface area contributed by atoms with E-state index in [-0.39, 0.29) is 5.91 Å². The number of hydrogen-bond donors (Lipinski definition) is 3. The zero-order chi connectivity index (χ0) is 18.4. The molecule has 1 unspecified atom stereocenters. The average molecular weight is 359 g/mol. The highest BCUT2D eigenvalue weighted by atomic mass is 16.5. The van der Waals surface area contributed by atoms with Gasteiger partial charge < -0.3 is 21.1 Å². The summed E-state index contributed by atoms with van der Waals surface area (Å²) in [6.45, 7) is 6.30. The topological polar surface area (TPSA) is 92.0 Å². The second-order valence-electron chi connectivity index (χ2n) is 6.79. The zero-order valence-corrected chi connectivity index (χ0v) is 15.5. The van der Waals surface area contributed by atoms with E-state index in [0.717, 1.165) is 36.5 Å². The number of likely N-dealkylation sites (tertiary alicyclic amines) is 1. The number of carbonyl (C=O) groups excluding carboxylic acids is 1. The largest absolute Gasteiger partial charge is 0.492 e. The number of nitrogens with zero attached hydrogens (tertiary/aromatic N) is 2. The number of hydrogen-bond acceptors (Lipinski definition) is 4. The van der Waals surface area contributed by atoms with Gasteiger partial charge >= 0.3 is 0 Å². The van der Waals surface area contributed by atoms with E-state index in [4.69, 9.17) is 10.5 Å². The molecule has 1 aromatic carbocycles. The van der Waals surface area contributed by atoms with Crippen molar-refractivity contribution in [2.45, 2.75) is 38.6 Å². The highest BCUT2D eigenvalue weighted by Gasteiger charge is 2.22. The van der Waals surface area contributed by atoms with E-state index in [1.807, 2.05) is 18.2 Å². The fourth-order valence-electron chi connectivity index (χ4n) is 3.58. The lowest BCUT2D eigenvalue weighted by Gasteiger charge is -2.21. The molecule has 0 aliphatic carbocycles. The molecule has 2 aliphatic heterocycles. The predicted octanol–water partition coefficient (Wildman–Crippen LogP) is 1.34. The number of carbonyl (C=O) groups is 1. The van der Waals surface area contributed by atoms with E-state index in [0.29, 0.717) is 31.6 Å². The first-order chi connectivity index (χ1) is 12.7. The molecule has 7 heteroatoms. The summed E-state index contributed by atoms with van der Waals surface area (Å²) in [7, 11) is 0. The Labute approximate surface area is 155 Å². The molecule has 1 atom stereocenters. The highest BCUT2D eigenvalue weighted by Crippen LogP contribution is 2.26. The van der Waals surface area contributed by atoms with Crippen LogP contribution in [0.2, 0.25) is 0 Å². The number of amides is 1. The van der Waals surface area contributed by atoms with Crippen molar-refractivity contribution in [2.75, 3.05) is 38.1 Å². The molecule has 1 amide bonds. The maximum atomic E-state index is 11.4. The van der Waals surface area contributed by atoms with Crippen LogP contribution in [0.4, 0.5) is 5.69 Å². The molecule has 0 aromatic heterocycles. The van der Waals surface area contributed by atoms with Crippen molar-refractivity contribution in [3.8, 4) is 5.75 Å². The number of aliphatic imine (C=N–C) groups is 1. The molecule has 3 rings (SSSR count). The molecular formula is C19H29N5O2. The molecule has 26 heavy (non-hydrogen) atoms. The summed E-state index contributed by atoms with van der Waals surface area (Å²) < 4.78 is 5.77. The standard InChI is InChI=1S/C19H29N5O2/c1-2-24-10-3-4-15(24)13-22-19(20)21-9-11-26-16-6-7-17-14(12-16)5-8-18(25)23-17/h6-7,12,15H,2-5,8-11,13H2,1H3,(H,23,25)(H3,20,21,22). The molecule has 1 saturated heterocycles. The van der Waals surface area contributed by atoms with E-state index in [9.17, 15) is 4.79 Å². The van der Waals surface area contributed by atoms with Crippen LogP contribution in [0, 0.1) is 0 Å². The smallest absolute Gasteiger partial charge is 0.224 e. The Hall–Kier alpha value is -2.28. The third kappa shape index (κ3) is 4.88. The SMILES string of the molecule is CCN1CCCC1CN=C(N)NCCOc1ccc2c(c1)CCC(=O)N2. The second-order valence-corrected chi connectivity index (χ2v) is 6.79. The predicted molar refractivity (Wildman–Crippen MR) is 104 cm³/mol. The molecule has 1 aromatic rings. The van der Waals surface area contributed by atoms with Crippen LogP contribution in [0.25, 0.3) is 0 Å². The summed E-state index contributed by atoms with van der Waals surface area (Å²) in [6.07, 6.45) is 3.74. The average Bonchev–Trinajstić information content (AvgIpc) is 3.11. The van der Waals surface area contributed by atoms with E-state index >= 15 is 0 Å². The van der Waals surface area contributed by atoms with Crippen LogP contribution < -0.4 is 21.1 Å². The van der Waals surface area contributed by atoms with Gasteiger partial charge in [-0.1, -0.05) is 6.92 Å². The number of anilines is 1. The Morgan fingerprint density at radius 1 is 1.46 bits per heavy atom. The summed E-state index contributed by atoms with van der Waals surface area (Å²) in [5, 5.41) is 5.98. The van der Waals surface area contributed by atoms with Gasteiger partial charge in [-0.3, -0.25) is 14.7 Å². The van der Waals surface area contributed by atoms with Gasteiger partial charge in [0, 0.05) is 18.2 Å². The molecule has 2 heterocycles. The summed E-state index contributed by atoms with van der Waals surface area (Å²) in [6, 6.07) is 6.28. The number of guanidine groups is 1. The minimum atomic E-state index is 0.0739. The van der Waals surface area contributed by atoms with Crippen LogP contribution in [0.5, 0.6) is 5.75 Å². The van der Waals surface area contributed by atoms with Gasteiger partial charge in [-0.05, 0) is 56.1 Å². The molecule has 0 bridgehead atoms. The van der Waals surface area contributed by atoms with Crippen molar-refractivity contribution in [3.05, 3.63) is 23.8 Å². The van der Waals surface area contributed by atoms with Gasteiger partial charge in [-0.25, -0.2) is 0 Å². The summed E-state index contributed by atoms with van der Waals surface area (Å²) in [5.74, 6) is 1.36. The Bertz CT molecular complexity index is 661. The zero-order valence-electron chi connectivity index (χ0n) is 15.5. The van der Waals surface area contributed by atoms with Gasteiger partial charge in [0.25, 0.3) is 0 Å². The van der Waals surface area contributed by atoms with Crippen molar-refractivity contribution < 1.29 is 9.53 Å². The number of benzene rings is 1. The molecule has 142 valence electrons. The second kappa shape index (κ2) is 8.89. The molecule has 7 nitrogen and oxygen atoms in total. The Balaban J connectivity index is 1.38. The molecule has 1 fully saturated rings. The van der Waals surface area contributed by atoms with Crippen molar-refractivity contribution in [3.63, 3.8) is 0 Å². The Kier molecular flexibility index (Phi) is 6.33. The molecular weight excluding hydrogens is 330 g/mol. The van der Waals surface area contributed by atoms with Gasteiger partial charge in [0.05, 0.1) is 13.1 Å². The lowest BCUT2D eigenvalue weighted by atomic mass is 10.0. The Morgan fingerprint density at radius 3 is 3.19 bits per heavy atom. The quantitative estimate of drug-likeness (QED) is 0.388. The molecule has 2 aliphatic rings. The number of fused-ring (bicyclic) bond motifs is 1. The molecule has 0 saturated carbocycles. The van der Waals surface area contributed by atoms with E-state index in [1.54, 1.807) is 0 Å². The maximum absolute atomic E-state index is 11.4. The first-order valence-electron chi connectivity index (χ1n) is 9.49. The number of nitrogens with two attached hydrogens (primary N) is 1. The summed E-state index contributed by atoms with van der Waals surface area (Å²) in [5.41, 5.74) is 7.95. The fraction of sp³-hybridized carbons (Fsp3) is 0.579. The van der Waals surface area contributed by atoms with Crippen molar-refractivity contribution >= 4 is 17.6 Å². The summed E-state index contributed by atoms with van der Waals surface area (Å²) in [4.78, 5) is 18.3. The lowest BCUT2D eigenvalue weighted by Crippen LogP contribution is -2.37. The van der Waals surface area contributed by atoms with Gasteiger partial charge in [-0.2, -0.15) is 0 Å². The van der Waals surface area contributed by atoms with Crippen LogP contribution in [0.1, 0.15) is 31.7 Å². The maximum Gasteiger partial charge on any atom is 0.224 e. The van der Waals surface area contributed by atoms with Crippen molar-refractivity contribution in [2.24, 2.45) is 10.7 Å². The van der Waals surface area contributed by atoms with E-state index < -0.39 is 0 Å². The van der Waals surface area contributed by atoms with Crippen molar-refractivity contribution in [1.82, 2.24) is 10.2 Å². The van der Waals surface area contributed by atoms with Crippen molar-refractivity contribution in [1.29, 1.82) is 0 Å². The normalized spacial score (nSPS) is 20.6. The Morgan fingerprint density at radius 2 is 2.35 bits per heavy atom. The van der Waals surface area contributed by atoms with Crippen LogP contribution in [-0.4, -0.2) is 55.6 Å². The molecule has 0 radical (unpaired) electrons. The molecule has 4 N–H and O–H groups in total. The highest BCUT2D eigenvalue weighted by molar-refractivity contribution is 5.94. The number of likely N-dealkylation sites (N-methyl/N-ethyl adjacent to an activating group) is 1. The van der Waals surface area contributed by atoms with E-state index in [2.05, 4.69) is 27.4 Å². The van der Waals surface area contributed by atoms with Gasteiger partial charge in [0.2, 0.25) is 5.91 Å². The fourth-order valence-corrected chi connectivity index (χ4v) is 3.58. The van der Waals surface area contributed by atoms with Gasteiger partial charge in [-0.15, -0.1) is 0 Å². The monoisotopic (exact) mass is 359 g/mol. The van der Waals surface area contributed by atoms with Crippen LogP contribution in [-0.2, 0) is 11.2 Å². The van der Waals surface area contributed by atoms with Crippen LogP contribution in [0.3, 0.4) is 0 Å². The minimum Gasteiger partial charge on any atom is -0.492 e. The van der Waals surface area contributed by atoms with E-state index in [1.165, 1.54) is 19.4 Å². The van der Waals surface area contributed by atoms with Gasteiger partial charge in [0.1, 0.15) is 12.4 Å². The lowest BCUT2D eigenvalue weighted by molar-refractivity contribution is -0.116. The first-order valence-corrected chi connectivity index (χ1v) is 9.49.